The predicted octanol–water partition coefficient (Wildman–Crippen LogP) is 6.78. The molecule has 0 aliphatic carbocycles. The van der Waals surface area contributed by atoms with Crippen LogP contribution in [0.5, 0.6) is 0 Å². The molecule has 0 saturated carbocycles. The maximum Gasteiger partial charge on any atom is 0.186 e. The fourth-order valence-electron chi connectivity index (χ4n) is 2.80. The largest absolute Gasteiger partial charge is 0.302 e. The number of aryl methyl sites for hydroxylation is 2. The van der Waals surface area contributed by atoms with E-state index < -0.39 is 40.3 Å². The minimum atomic E-state index is -1.59. The molecule has 140 valence electrons. The minimum absolute atomic E-state index is 0.156. The average Bonchev–Trinajstić information content (AvgIpc) is 2.64. The van der Waals surface area contributed by atoms with Crippen molar-refractivity contribution in [3.05, 3.63) is 88.2 Å². The normalized spacial score (nSPS) is 11.0. The summed E-state index contributed by atoms with van der Waals surface area (Å²) >= 11 is 0. The van der Waals surface area contributed by atoms with E-state index in [1.165, 1.54) is 30.3 Å². The summed E-state index contributed by atoms with van der Waals surface area (Å²) in [7, 11) is 0. The Morgan fingerprint density at radius 2 is 1.15 bits per heavy atom. The van der Waals surface area contributed by atoms with Crippen LogP contribution in [0, 0.1) is 49.9 Å². The lowest BCUT2D eigenvalue weighted by Crippen LogP contribution is -2.18. The van der Waals surface area contributed by atoms with Gasteiger partial charge in [0.05, 0.1) is 5.69 Å². The summed E-state index contributed by atoms with van der Waals surface area (Å²) in [6.45, 7) is 4.38. The molecule has 3 aromatic carbocycles. The molecule has 0 radical (unpaired) electrons. The van der Waals surface area contributed by atoms with Crippen LogP contribution in [-0.4, -0.2) is 0 Å². The molecule has 0 heterocycles. The molecule has 0 fully saturated rings. The van der Waals surface area contributed by atoms with Crippen LogP contribution < -0.4 is 4.90 Å². The Kier molecular flexibility index (Phi) is 4.91. The van der Waals surface area contributed by atoms with Gasteiger partial charge in [0.1, 0.15) is 11.5 Å². The molecule has 0 bridgehead atoms. The zero-order chi connectivity index (χ0) is 19.9. The van der Waals surface area contributed by atoms with Gasteiger partial charge in [-0.15, -0.1) is 0 Å². The highest BCUT2D eigenvalue weighted by atomic mass is 19.2. The number of hydrogen-bond acceptors (Lipinski definition) is 1. The van der Waals surface area contributed by atoms with Crippen LogP contribution in [0.4, 0.5) is 39.0 Å². The molecule has 0 spiro atoms. The molecule has 1 nitrogen and oxygen atoms in total. The highest BCUT2D eigenvalue weighted by molar-refractivity contribution is 5.78. The SMILES string of the molecule is Cc1ccc(N(c2ccc(C)cc2F)c2c(F)c(F)c(C)c(F)c2F)cc1. The highest BCUT2D eigenvalue weighted by Crippen LogP contribution is 2.41. The molecule has 0 saturated heterocycles. The maximum absolute atomic E-state index is 14.7. The molecule has 0 aliphatic rings. The molecule has 6 heteroatoms. The third-order valence-corrected chi connectivity index (χ3v) is 4.32. The van der Waals surface area contributed by atoms with Gasteiger partial charge in [-0.1, -0.05) is 23.8 Å². The molecule has 0 amide bonds. The van der Waals surface area contributed by atoms with Crippen molar-refractivity contribution < 1.29 is 22.0 Å². The fraction of sp³-hybridized carbons (Fsp3) is 0.143. The second-order valence-corrected chi connectivity index (χ2v) is 6.36. The number of halogens is 5. The van der Waals surface area contributed by atoms with Gasteiger partial charge in [-0.25, -0.2) is 22.0 Å². The Balaban J connectivity index is 2.37. The number of anilines is 3. The van der Waals surface area contributed by atoms with Crippen LogP contribution in [0.3, 0.4) is 0 Å². The van der Waals surface area contributed by atoms with E-state index in [1.54, 1.807) is 26.0 Å². The summed E-state index contributed by atoms with van der Waals surface area (Å²) in [6, 6.07) is 10.3. The Morgan fingerprint density at radius 3 is 1.67 bits per heavy atom. The van der Waals surface area contributed by atoms with Gasteiger partial charge in [-0.2, -0.15) is 0 Å². The van der Waals surface area contributed by atoms with Crippen molar-refractivity contribution in [1.29, 1.82) is 0 Å². The predicted molar refractivity (Wildman–Crippen MR) is 95.1 cm³/mol. The van der Waals surface area contributed by atoms with Gasteiger partial charge in [-0.05, 0) is 50.6 Å². The molecule has 0 unspecified atom stereocenters. The summed E-state index contributed by atoms with van der Waals surface area (Å²) in [4.78, 5) is 0.838. The lowest BCUT2D eigenvalue weighted by atomic mass is 10.1. The van der Waals surface area contributed by atoms with Gasteiger partial charge in [0.2, 0.25) is 0 Å². The number of hydrogen-bond donors (Lipinski definition) is 0. The maximum atomic E-state index is 14.7. The van der Waals surface area contributed by atoms with E-state index in [0.29, 0.717) is 5.56 Å². The zero-order valence-electron chi connectivity index (χ0n) is 14.9. The highest BCUT2D eigenvalue weighted by Gasteiger charge is 2.30. The van der Waals surface area contributed by atoms with Crippen molar-refractivity contribution >= 4 is 17.1 Å². The Morgan fingerprint density at radius 1 is 0.630 bits per heavy atom. The van der Waals surface area contributed by atoms with Gasteiger partial charge in [0, 0.05) is 11.3 Å². The number of nitrogens with zero attached hydrogens (tertiary/aromatic N) is 1. The smallest absolute Gasteiger partial charge is 0.186 e. The van der Waals surface area contributed by atoms with Gasteiger partial charge in [0.15, 0.2) is 23.3 Å². The van der Waals surface area contributed by atoms with Gasteiger partial charge in [-0.3, -0.25) is 0 Å². The number of benzene rings is 3. The third-order valence-electron chi connectivity index (χ3n) is 4.32. The van der Waals surface area contributed by atoms with Crippen molar-refractivity contribution in [2.45, 2.75) is 20.8 Å². The molecule has 3 rings (SSSR count). The number of rotatable bonds is 3. The molecule has 27 heavy (non-hydrogen) atoms. The van der Waals surface area contributed by atoms with Gasteiger partial charge < -0.3 is 4.90 Å². The van der Waals surface area contributed by atoms with Crippen molar-refractivity contribution in [1.82, 2.24) is 0 Å². The second kappa shape index (κ2) is 7.02. The van der Waals surface area contributed by atoms with Crippen molar-refractivity contribution in [2.75, 3.05) is 4.90 Å². The molecule has 0 atom stereocenters. The summed E-state index contributed by atoms with van der Waals surface area (Å²) in [5.41, 5.74) is -0.425. The van der Waals surface area contributed by atoms with Crippen molar-refractivity contribution in [3.8, 4) is 0 Å². The monoisotopic (exact) mass is 377 g/mol. The first-order chi connectivity index (χ1) is 12.7. The molecule has 3 aromatic rings. The first-order valence-electron chi connectivity index (χ1n) is 8.18. The molecule has 0 aromatic heterocycles. The van der Waals surface area contributed by atoms with Crippen LogP contribution in [0.25, 0.3) is 0 Å². The van der Waals surface area contributed by atoms with Crippen LogP contribution in [-0.2, 0) is 0 Å². The average molecular weight is 377 g/mol. The Labute approximate surface area is 153 Å². The van der Waals surface area contributed by atoms with Crippen LogP contribution in [0.1, 0.15) is 16.7 Å². The van der Waals surface area contributed by atoms with Crippen LogP contribution in [0.2, 0.25) is 0 Å². The van der Waals surface area contributed by atoms with Crippen LogP contribution >= 0.6 is 0 Å². The van der Waals surface area contributed by atoms with E-state index in [-0.39, 0.29) is 11.4 Å². The lowest BCUT2D eigenvalue weighted by Gasteiger charge is -2.27. The standard InChI is InChI=1S/C21H16F5N/c1-11-4-7-14(8-5-11)27(16-9-6-12(2)10-15(16)22)21-19(25)17(23)13(3)18(24)20(21)26/h4-10H,1-3H3. The lowest BCUT2D eigenvalue weighted by molar-refractivity contribution is 0.447. The Hall–Kier alpha value is -2.89. The topological polar surface area (TPSA) is 3.24 Å². The van der Waals surface area contributed by atoms with E-state index in [0.717, 1.165) is 17.4 Å². The van der Waals surface area contributed by atoms with E-state index >= 15 is 0 Å². The van der Waals surface area contributed by atoms with E-state index in [1.807, 2.05) is 0 Å². The molecular formula is C21H16F5N. The second-order valence-electron chi connectivity index (χ2n) is 6.36. The zero-order valence-corrected chi connectivity index (χ0v) is 14.9. The first-order valence-corrected chi connectivity index (χ1v) is 8.18. The summed E-state index contributed by atoms with van der Waals surface area (Å²) in [5, 5.41) is 0. The first kappa shape index (κ1) is 18.9. The van der Waals surface area contributed by atoms with E-state index in [9.17, 15) is 22.0 Å². The van der Waals surface area contributed by atoms with Gasteiger partial charge >= 0.3 is 0 Å². The molecule has 0 aliphatic heterocycles. The Bertz CT molecular complexity index is 983. The summed E-state index contributed by atoms with van der Waals surface area (Å²) < 4.78 is 72.3. The van der Waals surface area contributed by atoms with E-state index in [2.05, 4.69) is 0 Å². The third kappa shape index (κ3) is 3.27. The minimum Gasteiger partial charge on any atom is -0.302 e. The van der Waals surface area contributed by atoms with Gasteiger partial charge in [0.25, 0.3) is 0 Å². The van der Waals surface area contributed by atoms with Crippen molar-refractivity contribution in [2.24, 2.45) is 0 Å². The van der Waals surface area contributed by atoms with Crippen molar-refractivity contribution in [3.63, 3.8) is 0 Å². The van der Waals surface area contributed by atoms with Crippen LogP contribution in [0.15, 0.2) is 42.5 Å². The van der Waals surface area contributed by atoms with E-state index in [4.69, 9.17) is 0 Å². The quantitative estimate of drug-likeness (QED) is 0.359. The molecular weight excluding hydrogens is 361 g/mol. The molecule has 0 N–H and O–H groups in total. The fourth-order valence-corrected chi connectivity index (χ4v) is 2.80. The summed E-state index contributed by atoms with van der Waals surface area (Å²) in [5.74, 6) is -7.00. The summed E-state index contributed by atoms with van der Waals surface area (Å²) in [6.07, 6.45) is 0.